The fraction of sp³-hybridized carbons (Fsp3) is 0.375. The Morgan fingerprint density at radius 1 is 1.21 bits per heavy atom. The summed E-state index contributed by atoms with van der Waals surface area (Å²) in [6, 6.07) is 8.93. The first-order valence-electron chi connectivity index (χ1n) is 11.3. The zero-order chi connectivity index (χ0) is 23.7. The molecule has 1 aliphatic rings. The van der Waals surface area contributed by atoms with E-state index in [0.717, 1.165) is 41.6 Å². The van der Waals surface area contributed by atoms with Gasteiger partial charge in [0.2, 0.25) is 0 Å². The molecule has 2 N–H and O–H groups in total. The van der Waals surface area contributed by atoms with Crippen LogP contribution >= 0.6 is 11.8 Å². The molecule has 3 heterocycles. The Hall–Kier alpha value is -2.98. The van der Waals surface area contributed by atoms with Crippen LogP contribution in [0.15, 0.2) is 55.2 Å². The third kappa shape index (κ3) is 4.52. The van der Waals surface area contributed by atoms with E-state index in [1.165, 1.54) is 34.9 Å². The van der Waals surface area contributed by atoms with Gasteiger partial charge in [-0.05, 0) is 55.5 Å². The van der Waals surface area contributed by atoms with Gasteiger partial charge in [0.05, 0.1) is 18.1 Å². The van der Waals surface area contributed by atoms with Gasteiger partial charge in [-0.15, -0.1) is 0 Å². The number of aliphatic hydroxyl groups is 1. The smallest absolute Gasteiger partial charge is 0.137 e. The quantitative estimate of drug-likeness (QED) is 0.406. The molecule has 5 rings (SSSR count). The van der Waals surface area contributed by atoms with Crippen molar-refractivity contribution in [2.45, 2.75) is 44.0 Å². The van der Waals surface area contributed by atoms with Crippen LogP contribution in [0.4, 0.5) is 14.5 Å². The minimum Gasteiger partial charge on any atom is -0.382 e. The number of thioether (sulfide) groups is 1. The average molecular weight is 485 g/mol. The van der Waals surface area contributed by atoms with Crippen LogP contribution in [-0.2, 0) is 12.1 Å². The molecule has 1 saturated heterocycles. The first kappa shape index (κ1) is 22.8. The molecule has 7 nitrogen and oxygen atoms in total. The van der Waals surface area contributed by atoms with E-state index in [2.05, 4.69) is 20.5 Å². The summed E-state index contributed by atoms with van der Waals surface area (Å²) in [5.41, 5.74) is -0.0127. The zero-order valence-electron chi connectivity index (χ0n) is 18.7. The maximum atomic E-state index is 14.8. The van der Waals surface area contributed by atoms with Crippen LogP contribution < -0.4 is 5.32 Å². The Labute approximate surface area is 200 Å². The first-order valence-corrected chi connectivity index (χ1v) is 12.4. The lowest BCUT2D eigenvalue weighted by atomic mass is 9.86. The van der Waals surface area contributed by atoms with Gasteiger partial charge in [-0.1, -0.05) is 6.07 Å². The van der Waals surface area contributed by atoms with E-state index in [0.29, 0.717) is 6.04 Å². The molecule has 0 saturated carbocycles. The SMILES string of the molecule is C[C@@H](n1cc2cc(NC3CCSCC3)ccc2n1)[C@](O)(Cn1cncn1)c1ccc(F)cc1F. The van der Waals surface area contributed by atoms with Gasteiger partial charge in [-0.2, -0.15) is 22.0 Å². The Bertz CT molecular complexity index is 1270. The fourth-order valence-corrected chi connectivity index (χ4v) is 5.58. The van der Waals surface area contributed by atoms with Crippen LogP contribution in [0.25, 0.3) is 10.9 Å². The predicted molar refractivity (Wildman–Crippen MR) is 129 cm³/mol. The van der Waals surface area contributed by atoms with Crippen molar-refractivity contribution >= 4 is 28.4 Å². The number of rotatable bonds is 7. The van der Waals surface area contributed by atoms with Crippen LogP contribution in [0.3, 0.4) is 0 Å². The number of nitrogens with one attached hydrogen (secondary N) is 1. The highest BCUT2D eigenvalue weighted by molar-refractivity contribution is 7.99. The van der Waals surface area contributed by atoms with Crippen molar-refractivity contribution < 1.29 is 13.9 Å². The Morgan fingerprint density at radius 3 is 2.76 bits per heavy atom. The van der Waals surface area contributed by atoms with Crippen molar-refractivity contribution in [2.24, 2.45) is 0 Å². The molecule has 34 heavy (non-hydrogen) atoms. The lowest BCUT2D eigenvalue weighted by molar-refractivity contribution is -0.0366. The molecule has 10 heteroatoms. The van der Waals surface area contributed by atoms with Gasteiger partial charge in [0.1, 0.15) is 29.9 Å². The molecule has 0 amide bonds. The summed E-state index contributed by atoms with van der Waals surface area (Å²) >= 11 is 1.99. The predicted octanol–water partition coefficient (Wildman–Crippen LogP) is 4.36. The summed E-state index contributed by atoms with van der Waals surface area (Å²) in [6.07, 6.45) is 6.90. The topological polar surface area (TPSA) is 80.8 Å². The van der Waals surface area contributed by atoms with Crippen molar-refractivity contribution in [1.29, 1.82) is 0 Å². The summed E-state index contributed by atoms with van der Waals surface area (Å²) < 4.78 is 31.5. The maximum absolute atomic E-state index is 14.8. The van der Waals surface area contributed by atoms with Crippen molar-refractivity contribution in [3.05, 3.63) is 72.4 Å². The minimum absolute atomic E-state index is 0.0334. The van der Waals surface area contributed by atoms with Gasteiger partial charge in [-0.25, -0.2) is 18.4 Å². The highest BCUT2D eigenvalue weighted by Gasteiger charge is 2.41. The molecule has 2 aromatic carbocycles. The molecule has 0 bridgehead atoms. The molecule has 178 valence electrons. The molecular weight excluding hydrogens is 458 g/mol. The molecule has 0 spiro atoms. The number of hydrogen-bond donors (Lipinski definition) is 2. The second-order valence-electron chi connectivity index (χ2n) is 8.73. The lowest BCUT2D eigenvalue weighted by Gasteiger charge is -2.34. The minimum atomic E-state index is -1.77. The van der Waals surface area contributed by atoms with Gasteiger partial charge in [0, 0.05) is 34.9 Å². The van der Waals surface area contributed by atoms with Crippen molar-refractivity contribution in [1.82, 2.24) is 24.5 Å². The third-order valence-corrected chi connectivity index (χ3v) is 7.52. The highest BCUT2D eigenvalue weighted by Crippen LogP contribution is 2.37. The molecule has 0 aliphatic carbocycles. The summed E-state index contributed by atoms with van der Waals surface area (Å²) in [5.74, 6) is 0.793. The summed E-state index contributed by atoms with van der Waals surface area (Å²) in [6.45, 7) is 1.67. The first-order chi connectivity index (χ1) is 16.4. The van der Waals surface area contributed by atoms with Crippen LogP contribution in [0.5, 0.6) is 0 Å². The third-order valence-electron chi connectivity index (χ3n) is 6.47. The maximum Gasteiger partial charge on any atom is 0.137 e. The highest BCUT2D eigenvalue weighted by atomic mass is 32.2. The van der Waals surface area contributed by atoms with Gasteiger partial charge in [-0.3, -0.25) is 4.68 Å². The van der Waals surface area contributed by atoms with Gasteiger partial charge in [0.15, 0.2) is 0 Å². The van der Waals surface area contributed by atoms with E-state index in [4.69, 9.17) is 0 Å². The van der Waals surface area contributed by atoms with E-state index in [1.807, 2.05) is 36.2 Å². The molecule has 4 aromatic rings. The number of nitrogens with zero attached hydrogens (tertiary/aromatic N) is 5. The number of halogens is 2. The Morgan fingerprint density at radius 2 is 2.03 bits per heavy atom. The van der Waals surface area contributed by atoms with E-state index in [-0.39, 0.29) is 12.1 Å². The summed E-state index contributed by atoms with van der Waals surface area (Å²) in [5, 5.41) is 25.1. The van der Waals surface area contributed by atoms with E-state index < -0.39 is 23.3 Å². The molecular formula is C24H26F2N6OS. The molecule has 1 aliphatic heterocycles. The average Bonchev–Trinajstić information content (AvgIpc) is 3.48. The van der Waals surface area contributed by atoms with Gasteiger partial charge >= 0.3 is 0 Å². The number of benzene rings is 2. The van der Waals surface area contributed by atoms with Crippen LogP contribution in [0.1, 0.15) is 31.4 Å². The number of fused-ring (bicyclic) bond motifs is 1. The molecule has 1 fully saturated rings. The van der Waals surface area contributed by atoms with Gasteiger partial charge < -0.3 is 10.4 Å². The van der Waals surface area contributed by atoms with E-state index in [1.54, 1.807) is 11.6 Å². The molecule has 0 unspecified atom stereocenters. The summed E-state index contributed by atoms with van der Waals surface area (Å²) in [7, 11) is 0. The second-order valence-corrected chi connectivity index (χ2v) is 9.96. The molecule has 2 aromatic heterocycles. The largest absolute Gasteiger partial charge is 0.382 e. The number of aromatic nitrogens is 5. The fourth-order valence-electron chi connectivity index (χ4n) is 4.47. The van der Waals surface area contributed by atoms with Crippen molar-refractivity contribution in [2.75, 3.05) is 16.8 Å². The standard InChI is InChI=1S/C24H26F2N6OS/c1-16(24(33,13-31-15-27-14-28-31)21-4-2-18(25)11-22(21)26)32-12-17-10-20(3-5-23(17)30-32)29-19-6-8-34-9-7-19/h2-5,10-12,14-16,19,29,33H,6-9,13H2,1H3/t16-,24-/m1/s1. The van der Waals surface area contributed by atoms with Crippen LogP contribution in [-0.4, -0.2) is 47.2 Å². The normalized spacial score (nSPS) is 17.5. The Kier molecular flexibility index (Phi) is 6.26. The molecule has 2 atom stereocenters. The monoisotopic (exact) mass is 484 g/mol. The molecule has 0 radical (unpaired) electrons. The lowest BCUT2D eigenvalue weighted by Crippen LogP contribution is -2.40. The van der Waals surface area contributed by atoms with Gasteiger partial charge in [0.25, 0.3) is 0 Å². The number of anilines is 1. The second kappa shape index (κ2) is 9.34. The van der Waals surface area contributed by atoms with E-state index in [9.17, 15) is 13.9 Å². The van der Waals surface area contributed by atoms with Crippen molar-refractivity contribution in [3.8, 4) is 0 Å². The van der Waals surface area contributed by atoms with Crippen LogP contribution in [0.2, 0.25) is 0 Å². The summed E-state index contributed by atoms with van der Waals surface area (Å²) in [4.78, 5) is 3.92. The van der Waals surface area contributed by atoms with E-state index >= 15 is 0 Å². The van der Waals surface area contributed by atoms with Crippen LogP contribution in [0, 0.1) is 11.6 Å². The Balaban J connectivity index is 1.48. The van der Waals surface area contributed by atoms with Crippen molar-refractivity contribution in [3.63, 3.8) is 0 Å². The zero-order valence-corrected chi connectivity index (χ0v) is 19.6. The number of hydrogen-bond acceptors (Lipinski definition) is 6.